The average molecular weight is 259 g/mol. The molecule has 0 saturated heterocycles. The third-order valence-electron chi connectivity index (χ3n) is 2.76. The van der Waals surface area contributed by atoms with Crippen LogP contribution in [0.5, 0.6) is 0 Å². The quantitative estimate of drug-likeness (QED) is 0.574. The highest BCUT2D eigenvalue weighted by atomic mass is 16.5. The van der Waals surface area contributed by atoms with Crippen LogP contribution in [-0.4, -0.2) is 69.1 Å². The van der Waals surface area contributed by atoms with Gasteiger partial charge in [0.25, 0.3) is 0 Å². The van der Waals surface area contributed by atoms with E-state index in [9.17, 15) is 9.59 Å². The Morgan fingerprint density at radius 2 is 1.72 bits per heavy atom. The Bertz CT molecular complexity index is 259. The number of esters is 1. The molecule has 106 valence electrons. The number of carbonyl (C=O) groups excluding carboxylic acids is 2. The van der Waals surface area contributed by atoms with Crippen LogP contribution < -0.4 is 5.73 Å². The van der Waals surface area contributed by atoms with Gasteiger partial charge < -0.3 is 20.3 Å². The van der Waals surface area contributed by atoms with E-state index in [4.69, 9.17) is 5.73 Å². The normalized spacial score (nSPS) is 10.5. The fourth-order valence-electron chi connectivity index (χ4n) is 1.43. The molecule has 0 aliphatic carbocycles. The summed E-state index contributed by atoms with van der Waals surface area (Å²) >= 11 is 0. The molecule has 6 nitrogen and oxygen atoms in total. The van der Waals surface area contributed by atoms with Gasteiger partial charge in [-0.2, -0.15) is 0 Å². The Labute approximate surface area is 109 Å². The van der Waals surface area contributed by atoms with Crippen LogP contribution in [0.3, 0.4) is 0 Å². The van der Waals surface area contributed by atoms with Crippen molar-refractivity contribution in [2.45, 2.75) is 19.3 Å². The summed E-state index contributed by atoms with van der Waals surface area (Å²) in [6, 6.07) is 0. The SMILES string of the molecule is COC(=O)CCN(C)CCC(=O)N(C)CCCN. The summed E-state index contributed by atoms with van der Waals surface area (Å²) in [6.45, 7) is 2.53. The third-order valence-corrected chi connectivity index (χ3v) is 2.76. The number of amides is 1. The Kier molecular flexibility index (Phi) is 9.22. The van der Waals surface area contributed by atoms with Crippen molar-refractivity contribution in [3.8, 4) is 0 Å². The molecule has 0 fully saturated rings. The lowest BCUT2D eigenvalue weighted by Gasteiger charge is -2.19. The monoisotopic (exact) mass is 259 g/mol. The molecule has 0 aliphatic rings. The first-order valence-corrected chi connectivity index (χ1v) is 6.20. The molecule has 18 heavy (non-hydrogen) atoms. The number of methoxy groups -OCH3 is 1. The standard InChI is InChI=1S/C12H25N3O3/c1-14(10-6-12(17)18-3)9-5-11(16)15(2)8-4-7-13/h4-10,13H2,1-3H3. The molecule has 6 heteroatoms. The molecule has 0 unspecified atom stereocenters. The molecule has 0 aliphatic heterocycles. The van der Waals surface area contributed by atoms with E-state index in [0.717, 1.165) is 6.42 Å². The van der Waals surface area contributed by atoms with Crippen molar-refractivity contribution >= 4 is 11.9 Å². The molecule has 0 aromatic rings. The zero-order valence-corrected chi connectivity index (χ0v) is 11.6. The Morgan fingerprint density at radius 1 is 1.11 bits per heavy atom. The second kappa shape index (κ2) is 9.85. The van der Waals surface area contributed by atoms with Gasteiger partial charge in [-0.1, -0.05) is 0 Å². The van der Waals surface area contributed by atoms with Crippen LogP contribution in [0.2, 0.25) is 0 Å². The number of ether oxygens (including phenoxy) is 1. The van der Waals surface area contributed by atoms with Crippen LogP contribution in [0.4, 0.5) is 0 Å². The topological polar surface area (TPSA) is 75.9 Å². The van der Waals surface area contributed by atoms with Gasteiger partial charge >= 0.3 is 5.97 Å². The van der Waals surface area contributed by atoms with Crippen molar-refractivity contribution in [1.29, 1.82) is 0 Å². The lowest BCUT2D eigenvalue weighted by molar-refractivity contribution is -0.140. The van der Waals surface area contributed by atoms with Crippen molar-refractivity contribution in [2.75, 3.05) is 47.4 Å². The lowest BCUT2D eigenvalue weighted by atomic mass is 10.3. The van der Waals surface area contributed by atoms with Gasteiger partial charge in [0.15, 0.2) is 0 Å². The van der Waals surface area contributed by atoms with E-state index in [2.05, 4.69) is 4.74 Å². The molecule has 0 atom stereocenters. The molecule has 2 N–H and O–H groups in total. The maximum Gasteiger partial charge on any atom is 0.306 e. The van der Waals surface area contributed by atoms with Crippen LogP contribution >= 0.6 is 0 Å². The maximum atomic E-state index is 11.7. The molecule has 0 aromatic carbocycles. The van der Waals surface area contributed by atoms with Gasteiger partial charge in [0.1, 0.15) is 0 Å². The molecule has 0 saturated carbocycles. The summed E-state index contributed by atoms with van der Waals surface area (Å²) in [5, 5.41) is 0. The minimum atomic E-state index is -0.228. The highest BCUT2D eigenvalue weighted by molar-refractivity contribution is 5.76. The highest BCUT2D eigenvalue weighted by Crippen LogP contribution is 1.96. The zero-order chi connectivity index (χ0) is 14.0. The van der Waals surface area contributed by atoms with E-state index >= 15 is 0 Å². The first-order chi connectivity index (χ1) is 8.51. The van der Waals surface area contributed by atoms with Crippen LogP contribution in [0.15, 0.2) is 0 Å². The first-order valence-electron chi connectivity index (χ1n) is 6.20. The number of rotatable bonds is 9. The summed E-state index contributed by atoms with van der Waals surface area (Å²) in [7, 11) is 5.04. The third kappa shape index (κ3) is 8.03. The zero-order valence-electron chi connectivity index (χ0n) is 11.6. The molecule has 0 aromatic heterocycles. The molecular weight excluding hydrogens is 234 g/mol. The van der Waals surface area contributed by atoms with Gasteiger partial charge in [-0.25, -0.2) is 0 Å². The van der Waals surface area contributed by atoms with Crippen molar-refractivity contribution in [3.05, 3.63) is 0 Å². The minimum absolute atomic E-state index is 0.105. The van der Waals surface area contributed by atoms with E-state index in [1.807, 2.05) is 11.9 Å². The number of hydrogen-bond acceptors (Lipinski definition) is 5. The fourth-order valence-corrected chi connectivity index (χ4v) is 1.43. The fraction of sp³-hybridized carbons (Fsp3) is 0.833. The van der Waals surface area contributed by atoms with Crippen LogP contribution in [0.25, 0.3) is 0 Å². The number of nitrogens with zero attached hydrogens (tertiary/aromatic N) is 2. The van der Waals surface area contributed by atoms with Gasteiger partial charge in [-0.15, -0.1) is 0 Å². The molecule has 0 spiro atoms. The molecular formula is C12H25N3O3. The van der Waals surface area contributed by atoms with Crippen molar-refractivity contribution < 1.29 is 14.3 Å². The molecule has 0 bridgehead atoms. The Hall–Kier alpha value is -1.14. The first kappa shape index (κ1) is 16.9. The number of carbonyl (C=O) groups is 2. The van der Waals surface area contributed by atoms with E-state index < -0.39 is 0 Å². The highest BCUT2D eigenvalue weighted by Gasteiger charge is 2.10. The van der Waals surface area contributed by atoms with E-state index in [1.165, 1.54) is 7.11 Å². The maximum absolute atomic E-state index is 11.7. The molecule has 0 rings (SSSR count). The summed E-state index contributed by atoms with van der Waals surface area (Å²) in [6.07, 6.45) is 1.63. The Balaban J connectivity index is 3.73. The summed E-state index contributed by atoms with van der Waals surface area (Å²) in [5.74, 6) is -0.124. The predicted molar refractivity (Wildman–Crippen MR) is 70.1 cm³/mol. The van der Waals surface area contributed by atoms with Crippen LogP contribution in [0.1, 0.15) is 19.3 Å². The van der Waals surface area contributed by atoms with Gasteiger partial charge in [0, 0.05) is 33.1 Å². The van der Waals surface area contributed by atoms with Gasteiger partial charge in [0.05, 0.1) is 13.5 Å². The number of hydrogen-bond donors (Lipinski definition) is 1. The minimum Gasteiger partial charge on any atom is -0.469 e. The molecule has 1 amide bonds. The summed E-state index contributed by atoms with van der Waals surface area (Å²) < 4.78 is 4.56. The lowest BCUT2D eigenvalue weighted by Crippen LogP contribution is -2.32. The largest absolute Gasteiger partial charge is 0.469 e. The van der Waals surface area contributed by atoms with Crippen molar-refractivity contribution in [3.63, 3.8) is 0 Å². The van der Waals surface area contributed by atoms with Crippen molar-refractivity contribution in [2.24, 2.45) is 5.73 Å². The van der Waals surface area contributed by atoms with E-state index in [0.29, 0.717) is 39.0 Å². The second-order valence-electron chi connectivity index (χ2n) is 4.34. The van der Waals surface area contributed by atoms with Crippen LogP contribution in [-0.2, 0) is 14.3 Å². The van der Waals surface area contributed by atoms with Gasteiger partial charge in [-0.3, -0.25) is 9.59 Å². The van der Waals surface area contributed by atoms with Crippen molar-refractivity contribution in [1.82, 2.24) is 9.80 Å². The molecule has 0 radical (unpaired) electrons. The summed E-state index contributed by atoms with van der Waals surface area (Å²) in [4.78, 5) is 26.3. The van der Waals surface area contributed by atoms with Gasteiger partial charge in [-0.05, 0) is 20.0 Å². The van der Waals surface area contributed by atoms with Gasteiger partial charge in [0.2, 0.25) is 5.91 Å². The predicted octanol–water partition coefficient (Wildman–Crippen LogP) is -0.321. The summed E-state index contributed by atoms with van der Waals surface area (Å²) in [5.41, 5.74) is 5.39. The molecule has 0 heterocycles. The van der Waals surface area contributed by atoms with E-state index in [-0.39, 0.29) is 11.9 Å². The van der Waals surface area contributed by atoms with E-state index in [1.54, 1.807) is 11.9 Å². The smallest absolute Gasteiger partial charge is 0.306 e. The number of nitrogens with two attached hydrogens (primary N) is 1. The Morgan fingerprint density at radius 3 is 2.28 bits per heavy atom. The average Bonchev–Trinajstić information content (AvgIpc) is 2.38. The second-order valence-corrected chi connectivity index (χ2v) is 4.34. The van der Waals surface area contributed by atoms with Crippen LogP contribution in [0, 0.1) is 0 Å².